The number of sulfonamides is 1. The summed E-state index contributed by atoms with van der Waals surface area (Å²) in [4.78, 5) is 15.0. The predicted molar refractivity (Wildman–Crippen MR) is 108 cm³/mol. The third kappa shape index (κ3) is 4.48. The Bertz CT molecular complexity index is 902. The van der Waals surface area contributed by atoms with E-state index in [4.69, 9.17) is 0 Å². The van der Waals surface area contributed by atoms with Gasteiger partial charge in [-0.2, -0.15) is 0 Å². The van der Waals surface area contributed by atoms with Crippen LogP contribution in [0.15, 0.2) is 53.4 Å². The first-order valence-electron chi connectivity index (χ1n) is 9.07. The van der Waals surface area contributed by atoms with E-state index in [1.54, 1.807) is 0 Å². The van der Waals surface area contributed by atoms with Gasteiger partial charge in [-0.05, 0) is 61.7 Å². The van der Waals surface area contributed by atoms with Crippen molar-refractivity contribution >= 4 is 27.3 Å². The summed E-state index contributed by atoms with van der Waals surface area (Å²) in [5.74, 6) is -0.264. The number of nitrogens with zero attached hydrogens (tertiary/aromatic N) is 2. The van der Waals surface area contributed by atoms with Gasteiger partial charge >= 0.3 is 0 Å². The molecule has 2 aromatic rings. The van der Waals surface area contributed by atoms with E-state index in [9.17, 15) is 13.2 Å². The predicted octanol–water partition coefficient (Wildman–Crippen LogP) is 3.18. The minimum Gasteiger partial charge on any atom is -0.371 e. The lowest BCUT2D eigenvalue weighted by Gasteiger charge is -2.29. The van der Waals surface area contributed by atoms with Gasteiger partial charge in [0.05, 0.1) is 4.90 Å². The molecule has 1 fully saturated rings. The molecule has 2 aromatic carbocycles. The van der Waals surface area contributed by atoms with Crippen molar-refractivity contribution in [1.29, 1.82) is 0 Å². The van der Waals surface area contributed by atoms with Crippen LogP contribution in [-0.4, -0.2) is 45.8 Å². The maximum atomic E-state index is 12.5. The molecule has 0 aromatic heterocycles. The molecule has 0 saturated carbocycles. The lowest BCUT2D eigenvalue weighted by Crippen LogP contribution is -2.29. The molecular formula is C20H25N3O3S. The largest absolute Gasteiger partial charge is 0.371 e. The number of carbonyl (C=O) groups is 1. The topological polar surface area (TPSA) is 69.7 Å². The summed E-state index contributed by atoms with van der Waals surface area (Å²) in [6, 6.07) is 13.8. The van der Waals surface area contributed by atoms with Crippen LogP contribution in [0, 0.1) is 0 Å². The summed E-state index contributed by atoms with van der Waals surface area (Å²) in [6.07, 6.45) is 3.66. The Labute approximate surface area is 160 Å². The molecule has 6 nitrogen and oxygen atoms in total. The molecule has 0 bridgehead atoms. The van der Waals surface area contributed by atoms with Gasteiger partial charge in [-0.15, -0.1) is 0 Å². The van der Waals surface area contributed by atoms with E-state index in [1.165, 1.54) is 57.6 Å². The van der Waals surface area contributed by atoms with Gasteiger partial charge in [0.2, 0.25) is 10.0 Å². The number of hydrogen-bond donors (Lipinski definition) is 1. The molecule has 0 atom stereocenters. The van der Waals surface area contributed by atoms with Crippen molar-refractivity contribution in [2.75, 3.05) is 37.4 Å². The molecule has 1 N–H and O–H groups in total. The molecule has 3 rings (SSSR count). The number of amides is 1. The lowest BCUT2D eigenvalue weighted by atomic mass is 10.1. The standard InChI is InChI=1S/C20H25N3O3S/c1-22(2)27(25,26)19-11-9-16(10-12-19)20(24)21-17-7-6-8-18(15-17)23-13-4-3-5-14-23/h6-12,15H,3-5,13-14H2,1-2H3,(H,21,24). The molecule has 1 aliphatic rings. The zero-order chi connectivity index (χ0) is 19.4. The molecule has 1 amide bonds. The fourth-order valence-electron chi connectivity index (χ4n) is 3.12. The van der Waals surface area contributed by atoms with Crippen LogP contribution in [0.25, 0.3) is 0 Å². The third-order valence-electron chi connectivity index (χ3n) is 4.72. The Morgan fingerprint density at radius 1 is 1.00 bits per heavy atom. The van der Waals surface area contributed by atoms with Crippen LogP contribution in [-0.2, 0) is 10.0 Å². The molecule has 1 saturated heterocycles. The van der Waals surface area contributed by atoms with E-state index in [0.717, 1.165) is 28.8 Å². The zero-order valence-electron chi connectivity index (χ0n) is 15.7. The number of piperidine rings is 1. The molecule has 27 heavy (non-hydrogen) atoms. The fourth-order valence-corrected chi connectivity index (χ4v) is 4.03. The van der Waals surface area contributed by atoms with E-state index in [1.807, 2.05) is 18.2 Å². The van der Waals surface area contributed by atoms with Crippen molar-refractivity contribution in [2.24, 2.45) is 0 Å². The van der Waals surface area contributed by atoms with Crippen LogP contribution in [0.1, 0.15) is 29.6 Å². The first-order valence-corrected chi connectivity index (χ1v) is 10.5. The van der Waals surface area contributed by atoms with Gasteiger partial charge in [0.25, 0.3) is 5.91 Å². The molecule has 1 heterocycles. The smallest absolute Gasteiger partial charge is 0.255 e. The van der Waals surface area contributed by atoms with Crippen molar-refractivity contribution in [2.45, 2.75) is 24.2 Å². The van der Waals surface area contributed by atoms with E-state index < -0.39 is 10.0 Å². The van der Waals surface area contributed by atoms with Crippen LogP contribution in [0.5, 0.6) is 0 Å². The molecule has 0 radical (unpaired) electrons. The summed E-state index contributed by atoms with van der Waals surface area (Å²) >= 11 is 0. The minimum atomic E-state index is -3.50. The van der Waals surface area contributed by atoms with Crippen LogP contribution in [0.4, 0.5) is 11.4 Å². The summed E-state index contributed by atoms with van der Waals surface area (Å²) in [5.41, 5.74) is 2.25. The highest BCUT2D eigenvalue weighted by Crippen LogP contribution is 2.23. The monoisotopic (exact) mass is 387 g/mol. The number of hydrogen-bond acceptors (Lipinski definition) is 4. The Morgan fingerprint density at radius 2 is 1.67 bits per heavy atom. The van der Waals surface area contributed by atoms with Gasteiger partial charge in [0.15, 0.2) is 0 Å². The highest BCUT2D eigenvalue weighted by atomic mass is 32.2. The van der Waals surface area contributed by atoms with Gasteiger partial charge in [-0.3, -0.25) is 4.79 Å². The van der Waals surface area contributed by atoms with Gasteiger partial charge in [-0.1, -0.05) is 6.07 Å². The van der Waals surface area contributed by atoms with Crippen LogP contribution in [0.3, 0.4) is 0 Å². The number of nitrogens with one attached hydrogen (secondary N) is 1. The second kappa shape index (κ2) is 8.10. The zero-order valence-corrected chi connectivity index (χ0v) is 16.5. The van der Waals surface area contributed by atoms with Gasteiger partial charge in [0.1, 0.15) is 0 Å². The Hall–Kier alpha value is -2.38. The number of rotatable bonds is 5. The maximum absolute atomic E-state index is 12.5. The maximum Gasteiger partial charge on any atom is 0.255 e. The summed E-state index contributed by atoms with van der Waals surface area (Å²) in [6.45, 7) is 2.08. The van der Waals surface area contributed by atoms with Gasteiger partial charge < -0.3 is 10.2 Å². The first kappa shape index (κ1) is 19.4. The second-order valence-corrected chi connectivity index (χ2v) is 9.02. The van der Waals surface area contributed by atoms with Crippen molar-refractivity contribution in [3.63, 3.8) is 0 Å². The molecule has 1 aliphatic heterocycles. The molecule has 0 spiro atoms. The van der Waals surface area contributed by atoms with Crippen molar-refractivity contribution in [3.05, 3.63) is 54.1 Å². The highest BCUT2D eigenvalue weighted by Gasteiger charge is 2.18. The minimum absolute atomic E-state index is 0.163. The Kier molecular flexibility index (Phi) is 5.82. The summed E-state index contributed by atoms with van der Waals surface area (Å²) in [5, 5.41) is 2.89. The molecule has 144 valence electrons. The first-order chi connectivity index (χ1) is 12.9. The SMILES string of the molecule is CN(C)S(=O)(=O)c1ccc(C(=O)Nc2cccc(N3CCCCC3)c2)cc1. The van der Waals surface area contributed by atoms with Gasteiger partial charge in [0, 0.05) is 44.1 Å². The molecule has 0 unspecified atom stereocenters. The quantitative estimate of drug-likeness (QED) is 0.855. The second-order valence-electron chi connectivity index (χ2n) is 6.86. The van der Waals surface area contributed by atoms with Crippen LogP contribution < -0.4 is 10.2 Å². The highest BCUT2D eigenvalue weighted by molar-refractivity contribution is 7.89. The van der Waals surface area contributed by atoms with Crippen molar-refractivity contribution in [3.8, 4) is 0 Å². The third-order valence-corrected chi connectivity index (χ3v) is 6.55. The van der Waals surface area contributed by atoms with Crippen molar-refractivity contribution in [1.82, 2.24) is 4.31 Å². The van der Waals surface area contributed by atoms with E-state index in [-0.39, 0.29) is 10.8 Å². The van der Waals surface area contributed by atoms with Crippen LogP contribution >= 0.6 is 0 Å². The lowest BCUT2D eigenvalue weighted by molar-refractivity contribution is 0.102. The van der Waals surface area contributed by atoms with E-state index >= 15 is 0 Å². The van der Waals surface area contributed by atoms with Crippen LogP contribution in [0.2, 0.25) is 0 Å². The number of benzene rings is 2. The normalized spacial score (nSPS) is 15.0. The molecule has 7 heteroatoms. The molecule has 0 aliphatic carbocycles. The average molecular weight is 388 g/mol. The Balaban J connectivity index is 1.72. The molecular weight excluding hydrogens is 362 g/mol. The van der Waals surface area contributed by atoms with Crippen molar-refractivity contribution < 1.29 is 13.2 Å². The summed E-state index contributed by atoms with van der Waals surface area (Å²) in [7, 11) is -0.545. The van der Waals surface area contributed by atoms with Gasteiger partial charge in [-0.25, -0.2) is 12.7 Å². The Morgan fingerprint density at radius 3 is 2.30 bits per heavy atom. The van der Waals surface area contributed by atoms with E-state index in [2.05, 4.69) is 16.3 Å². The summed E-state index contributed by atoms with van der Waals surface area (Å²) < 4.78 is 25.4. The van der Waals surface area contributed by atoms with E-state index in [0.29, 0.717) is 5.56 Å². The fraction of sp³-hybridized carbons (Fsp3) is 0.350. The number of anilines is 2. The number of carbonyl (C=O) groups excluding carboxylic acids is 1. The average Bonchev–Trinajstić information content (AvgIpc) is 2.69.